The Bertz CT molecular complexity index is 667. The van der Waals surface area contributed by atoms with E-state index in [1.54, 1.807) is 0 Å². The van der Waals surface area contributed by atoms with Crippen LogP contribution in [0.4, 0.5) is 0 Å². The van der Waals surface area contributed by atoms with E-state index in [4.69, 9.17) is 21.1 Å². The molecular weight excluding hydrogens is 278 g/mol. The number of aliphatic hydroxyl groups is 1. The summed E-state index contributed by atoms with van der Waals surface area (Å²) in [6.07, 6.45) is 0. The SMILES string of the molecule is O=C(NCc1ccccc1C#CCO)c1ccc(Cl)o1. The van der Waals surface area contributed by atoms with Crippen LogP contribution in [0.15, 0.2) is 40.8 Å². The van der Waals surface area contributed by atoms with Crippen LogP contribution in [0.5, 0.6) is 0 Å². The fourth-order valence-electron chi connectivity index (χ4n) is 1.63. The molecule has 0 spiro atoms. The zero-order valence-electron chi connectivity index (χ0n) is 10.5. The van der Waals surface area contributed by atoms with Crippen LogP contribution in [0.3, 0.4) is 0 Å². The van der Waals surface area contributed by atoms with Crippen molar-refractivity contribution in [2.75, 3.05) is 6.61 Å². The Morgan fingerprint density at radius 2 is 2.10 bits per heavy atom. The third-order valence-electron chi connectivity index (χ3n) is 2.56. The Kier molecular flexibility index (Phi) is 4.83. The first kappa shape index (κ1) is 14.2. The minimum atomic E-state index is -0.346. The van der Waals surface area contributed by atoms with Crippen LogP contribution in [0.25, 0.3) is 0 Å². The lowest BCUT2D eigenvalue weighted by Gasteiger charge is -2.05. The monoisotopic (exact) mass is 289 g/mol. The van der Waals surface area contributed by atoms with Crippen molar-refractivity contribution in [3.05, 3.63) is 58.5 Å². The lowest BCUT2D eigenvalue weighted by atomic mass is 10.1. The molecule has 2 rings (SSSR count). The molecule has 0 aliphatic rings. The second-order valence-electron chi connectivity index (χ2n) is 3.90. The van der Waals surface area contributed by atoms with Gasteiger partial charge in [0.1, 0.15) is 6.61 Å². The zero-order valence-corrected chi connectivity index (χ0v) is 11.3. The molecule has 0 bridgehead atoms. The molecule has 0 radical (unpaired) electrons. The molecular formula is C15H12ClNO3. The van der Waals surface area contributed by atoms with Gasteiger partial charge in [-0.25, -0.2) is 0 Å². The highest BCUT2D eigenvalue weighted by molar-refractivity contribution is 6.29. The predicted molar refractivity (Wildman–Crippen MR) is 75.3 cm³/mol. The predicted octanol–water partition coefficient (Wildman–Crippen LogP) is 2.21. The quantitative estimate of drug-likeness (QED) is 0.852. The molecule has 2 N–H and O–H groups in total. The van der Waals surface area contributed by atoms with Gasteiger partial charge in [0.15, 0.2) is 11.0 Å². The molecule has 0 aliphatic heterocycles. The fourth-order valence-corrected chi connectivity index (χ4v) is 1.78. The molecule has 0 saturated heterocycles. The van der Waals surface area contributed by atoms with Crippen LogP contribution in [0, 0.1) is 11.8 Å². The van der Waals surface area contributed by atoms with Crippen molar-refractivity contribution in [1.82, 2.24) is 5.32 Å². The molecule has 2 aromatic rings. The van der Waals surface area contributed by atoms with Gasteiger partial charge in [-0.2, -0.15) is 0 Å². The number of hydrogen-bond acceptors (Lipinski definition) is 3. The third-order valence-corrected chi connectivity index (χ3v) is 2.76. The van der Waals surface area contributed by atoms with Crippen molar-refractivity contribution < 1.29 is 14.3 Å². The van der Waals surface area contributed by atoms with Crippen molar-refractivity contribution in [3.63, 3.8) is 0 Å². The van der Waals surface area contributed by atoms with E-state index in [-0.39, 0.29) is 23.5 Å². The number of carbonyl (C=O) groups excluding carboxylic acids is 1. The average molecular weight is 290 g/mol. The smallest absolute Gasteiger partial charge is 0.287 e. The topological polar surface area (TPSA) is 62.5 Å². The number of rotatable bonds is 3. The maximum Gasteiger partial charge on any atom is 0.287 e. The maximum absolute atomic E-state index is 11.8. The van der Waals surface area contributed by atoms with Crippen LogP contribution in [-0.2, 0) is 6.54 Å². The molecule has 5 heteroatoms. The highest BCUT2D eigenvalue weighted by Crippen LogP contribution is 2.13. The number of amides is 1. The van der Waals surface area contributed by atoms with Gasteiger partial charge < -0.3 is 14.8 Å². The molecule has 0 saturated carbocycles. The number of aliphatic hydroxyl groups excluding tert-OH is 1. The van der Waals surface area contributed by atoms with Gasteiger partial charge in [-0.1, -0.05) is 30.0 Å². The number of nitrogens with one attached hydrogen (secondary N) is 1. The van der Waals surface area contributed by atoms with Gasteiger partial charge in [0.25, 0.3) is 5.91 Å². The molecule has 0 fully saturated rings. The summed E-state index contributed by atoms with van der Waals surface area (Å²) in [7, 11) is 0. The van der Waals surface area contributed by atoms with Gasteiger partial charge >= 0.3 is 0 Å². The molecule has 20 heavy (non-hydrogen) atoms. The van der Waals surface area contributed by atoms with Crippen LogP contribution >= 0.6 is 11.6 Å². The summed E-state index contributed by atoms with van der Waals surface area (Å²) in [6, 6.07) is 10.4. The Morgan fingerprint density at radius 3 is 2.80 bits per heavy atom. The number of halogens is 1. The molecule has 1 heterocycles. The molecule has 1 aromatic heterocycles. The Labute approximate surface area is 121 Å². The lowest BCUT2D eigenvalue weighted by molar-refractivity contribution is 0.0923. The molecule has 4 nitrogen and oxygen atoms in total. The van der Waals surface area contributed by atoms with E-state index in [0.29, 0.717) is 6.54 Å². The van der Waals surface area contributed by atoms with E-state index in [9.17, 15) is 4.79 Å². The molecule has 0 aliphatic carbocycles. The minimum absolute atomic E-state index is 0.161. The van der Waals surface area contributed by atoms with Crippen LogP contribution in [0.2, 0.25) is 5.22 Å². The van der Waals surface area contributed by atoms with E-state index in [2.05, 4.69) is 17.2 Å². The van der Waals surface area contributed by atoms with Gasteiger partial charge in [0, 0.05) is 12.1 Å². The molecule has 1 aromatic carbocycles. The second kappa shape index (κ2) is 6.80. The number of hydrogen-bond donors (Lipinski definition) is 2. The summed E-state index contributed by atoms with van der Waals surface area (Å²) in [5.74, 6) is 5.23. The highest BCUT2D eigenvalue weighted by Gasteiger charge is 2.10. The maximum atomic E-state index is 11.8. The Balaban J connectivity index is 2.06. The van der Waals surface area contributed by atoms with Gasteiger partial charge in [0.2, 0.25) is 0 Å². The van der Waals surface area contributed by atoms with Gasteiger partial charge in [0.05, 0.1) is 0 Å². The van der Waals surface area contributed by atoms with Gasteiger partial charge in [-0.3, -0.25) is 4.79 Å². The lowest BCUT2D eigenvalue weighted by Crippen LogP contribution is -2.22. The van der Waals surface area contributed by atoms with E-state index in [1.165, 1.54) is 12.1 Å². The van der Waals surface area contributed by atoms with Crippen LogP contribution in [-0.4, -0.2) is 17.6 Å². The summed E-state index contributed by atoms with van der Waals surface area (Å²) < 4.78 is 5.02. The zero-order chi connectivity index (χ0) is 14.4. The van der Waals surface area contributed by atoms with Crippen LogP contribution < -0.4 is 5.32 Å². The van der Waals surface area contributed by atoms with E-state index >= 15 is 0 Å². The largest absolute Gasteiger partial charge is 0.440 e. The highest BCUT2D eigenvalue weighted by atomic mass is 35.5. The van der Waals surface area contributed by atoms with Crippen LogP contribution in [0.1, 0.15) is 21.7 Å². The van der Waals surface area contributed by atoms with Crippen molar-refractivity contribution in [3.8, 4) is 11.8 Å². The van der Waals surface area contributed by atoms with Crippen molar-refractivity contribution in [1.29, 1.82) is 0 Å². The number of carbonyl (C=O) groups is 1. The Morgan fingerprint density at radius 1 is 1.30 bits per heavy atom. The first-order chi connectivity index (χ1) is 9.70. The average Bonchev–Trinajstić information content (AvgIpc) is 2.90. The summed E-state index contributed by atoms with van der Waals surface area (Å²) in [5, 5.41) is 11.6. The first-order valence-corrected chi connectivity index (χ1v) is 6.29. The van der Waals surface area contributed by atoms with Gasteiger partial charge in [-0.15, -0.1) is 0 Å². The molecule has 0 unspecified atom stereocenters. The number of furan rings is 1. The molecule has 102 valence electrons. The first-order valence-electron chi connectivity index (χ1n) is 5.92. The fraction of sp³-hybridized carbons (Fsp3) is 0.133. The van der Waals surface area contributed by atoms with Crippen molar-refractivity contribution >= 4 is 17.5 Å². The summed E-state index contributed by atoms with van der Waals surface area (Å²) >= 11 is 5.62. The van der Waals surface area contributed by atoms with E-state index in [0.717, 1.165) is 11.1 Å². The number of benzene rings is 1. The molecule has 1 amide bonds. The minimum Gasteiger partial charge on any atom is -0.440 e. The second-order valence-corrected chi connectivity index (χ2v) is 4.28. The molecule has 0 atom stereocenters. The summed E-state index contributed by atoms with van der Waals surface area (Å²) in [5.41, 5.74) is 1.62. The summed E-state index contributed by atoms with van der Waals surface area (Å²) in [6.45, 7) is 0.110. The third kappa shape index (κ3) is 3.64. The Hall–Kier alpha value is -2.22. The summed E-state index contributed by atoms with van der Waals surface area (Å²) in [4.78, 5) is 11.8. The van der Waals surface area contributed by atoms with E-state index in [1.807, 2.05) is 24.3 Å². The van der Waals surface area contributed by atoms with Gasteiger partial charge in [-0.05, 0) is 35.4 Å². The van der Waals surface area contributed by atoms with E-state index < -0.39 is 0 Å². The standard InChI is InChI=1S/C15H12ClNO3/c16-14-8-7-13(20-14)15(19)17-10-12-5-2-1-4-11(12)6-3-9-18/h1-2,4-5,7-8,18H,9-10H2,(H,17,19). The van der Waals surface area contributed by atoms with Crippen molar-refractivity contribution in [2.24, 2.45) is 0 Å². The normalized spacial score (nSPS) is 9.70. The van der Waals surface area contributed by atoms with Crippen molar-refractivity contribution in [2.45, 2.75) is 6.54 Å².